The first-order valence-corrected chi connectivity index (χ1v) is 7.92. The van der Waals surface area contributed by atoms with Crippen molar-refractivity contribution in [2.45, 2.75) is 44.2 Å². The molecular formula is C16H21N5O. The molecule has 2 aromatic rings. The molecule has 0 bridgehead atoms. The minimum absolute atomic E-state index is 0.0352. The average molecular weight is 299 g/mol. The van der Waals surface area contributed by atoms with Crippen LogP contribution in [-0.4, -0.2) is 32.4 Å². The topological polar surface area (TPSA) is 64.9 Å². The fourth-order valence-corrected chi connectivity index (χ4v) is 3.02. The van der Waals surface area contributed by atoms with Crippen molar-refractivity contribution in [3.8, 4) is 0 Å². The number of aryl methyl sites for hydroxylation is 1. The van der Waals surface area contributed by atoms with Crippen LogP contribution >= 0.6 is 0 Å². The fourth-order valence-electron chi connectivity index (χ4n) is 3.02. The maximum Gasteiger partial charge on any atom is 0.133 e. The van der Waals surface area contributed by atoms with Gasteiger partial charge in [0.25, 0.3) is 0 Å². The molecule has 1 aliphatic carbocycles. The first-order chi connectivity index (χ1) is 10.7. The number of nitrogens with one attached hydrogen (secondary N) is 1. The molecule has 0 radical (unpaired) electrons. The van der Waals surface area contributed by atoms with E-state index in [0.29, 0.717) is 5.92 Å². The van der Waals surface area contributed by atoms with Gasteiger partial charge in [-0.05, 0) is 32.3 Å². The maximum absolute atomic E-state index is 5.95. The molecule has 0 amide bonds. The van der Waals surface area contributed by atoms with Gasteiger partial charge in [-0.1, -0.05) is 0 Å². The Balaban J connectivity index is 1.54. The average Bonchev–Trinajstić information content (AvgIpc) is 3.21. The number of hydrogen-bond donors (Lipinski definition) is 1. The molecular weight excluding hydrogens is 278 g/mol. The number of anilines is 1. The zero-order valence-corrected chi connectivity index (χ0v) is 13.0. The molecule has 6 heteroatoms. The van der Waals surface area contributed by atoms with Crippen LogP contribution in [0.4, 0.5) is 5.82 Å². The van der Waals surface area contributed by atoms with E-state index in [0.717, 1.165) is 35.9 Å². The van der Waals surface area contributed by atoms with Crippen LogP contribution in [0.2, 0.25) is 0 Å². The molecule has 0 unspecified atom stereocenters. The Morgan fingerprint density at radius 2 is 2.18 bits per heavy atom. The molecule has 2 atom stereocenters. The van der Waals surface area contributed by atoms with Crippen LogP contribution in [0.3, 0.4) is 0 Å². The fraction of sp³-hybridized carbons (Fsp3) is 0.562. The van der Waals surface area contributed by atoms with Gasteiger partial charge in [-0.25, -0.2) is 9.97 Å². The highest BCUT2D eigenvalue weighted by atomic mass is 16.5. The molecule has 3 heterocycles. The van der Waals surface area contributed by atoms with Gasteiger partial charge in [0, 0.05) is 37.0 Å². The Labute approximate surface area is 129 Å². The monoisotopic (exact) mass is 299 g/mol. The van der Waals surface area contributed by atoms with Crippen molar-refractivity contribution < 1.29 is 4.74 Å². The molecule has 4 rings (SSSR count). The predicted molar refractivity (Wildman–Crippen MR) is 82.7 cm³/mol. The number of rotatable bonds is 4. The normalized spacial score (nSPS) is 24.6. The molecule has 2 aromatic heterocycles. The number of hydrogen-bond acceptors (Lipinski definition) is 5. The van der Waals surface area contributed by atoms with Crippen LogP contribution in [0.5, 0.6) is 0 Å². The lowest BCUT2D eigenvalue weighted by molar-refractivity contribution is 0.107. The van der Waals surface area contributed by atoms with Crippen molar-refractivity contribution in [3.63, 3.8) is 0 Å². The second-order valence-electron chi connectivity index (χ2n) is 6.21. The molecule has 2 aliphatic rings. The summed E-state index contributed by atoms with van der Waals surface area (Å²) in [6.07, 6.45) is 7.20. The summed E-state index contributed by atoms with van der Waals surface area (Å²) in [7, 11) is 1.96. The van der Waals surface area contributed by atoms with Gasteiger partial charge in [-0.15, -0.1) is 0 Å². The van der Waals surface area contributed by atoms with Crippen LogP contribution in [0.1, 0.15) is 48.4 Å². The molecule has 0 spiro atoms. The number of ether oxygens (including phenoxy) is 1. The third kappa shape index (κ3) is 2.47. The van der Waals surface area contributed by atoms with Gasteiger partial charge >= 0.3 is 0 Å². The van der Waals surface area contributed by atoms with Crippen molar-refractivity contribution in [1.82, 2.24) is 19.7 Å². The van der Waals surface area contributed by atoms with Gasteiger partial charge in [0.2, 0.25) is 0 Å². The molecule has 22 heavy (non-hydrogen) atoms. The van der Waals surface area contributed by atoms with E-state index in [9.17, 15) is 0 Å². The number of aromatic nitrogens is 4. The van der Waals surface area contributed by atoms with Gasteiger partial charge in [0.05, 0.1) is 12.2 Å². The molecule has 1 N–H and O–H groups in total. The van der Waals surface area contributed by atoms with Crippen molar-refractivity contribution in [3.05, 3.63) is 35.5 Å². The van der Waals surface area contributed by atoms with Crippen molar-refractivity contribution in [2.75, 3.05) is 11.9 Å². The SMILES string of the molecule is Cc1c([C@H]2OCC[C@@H]2Nc2ccnc(C3CC3)n2)cnn1C. The largest absolute Gasteiger partial charge is 0.371 e. The summed E-state index contributed by atoms with van der Waals surface area (Å²) in [6.45, 7) is 2.84. The van der Waals surface area contributed by atoms with Crippen LogP contribution in [0, 0.1) is 6.92 Å². The van der Waals surface area contributed by atoms with Crippen molar-refractivity contribution >= 4 is 5.82 Å². The van der Waals surface area contributed by atoms with E-state index in [1.54, 1.807) is 0 Å². The zero-order valence-electron chi connectivity index (χ0n) is 13.0. The summed E-state index contributed by atoms with van der Waals surface area (Å²) in [5, 5.41) is 7.87. The maximum atomic E-state index is 5.95. The summed E-state index contributed by atoms with van der Waals surface area (Å²) in [6, 6.07) is 2.17. The molecule has 0 aromatic carbocycles. The van der Waals surface area contributed by atoms with E-state index in [1.165, 1.54) is 12.8 Å². The van der Waals surface area contributed by atoms with E-state index in [4.69, 9.17) is 4.74 Å². The standard InChI is InChI=1S/C16H21N5O/c1-10-12(9-18-21(10)2)15-13(6-8-22-15)19-14-5-7-17-16(20-14)11-3-4-11/h5,7,9,11,13,15H,3-4,6,8H2,1-2H3,(H,17,19,20)/t13-,15+/m0/s1. The molecule has 2 fully saturated rings. The highest BCUT2D eigenvalue weighted by Crippen LogP contribution is 2.38. The summed E-state index contributed by atoms with van der Waals surface area (Å²) < 4.78 is 7.84. The lowest BCUT2D eigenvalue weighted by Gasteiger charge is -2.20. The number of nitrogens with zero attached hydrogens (tertiary/aromatic N) is 4. The second-order valence-corrected chi connectivity index (χ2v) is 6.21. The Kier molecular flexibility index (Phi) is 3.33. The summed E-state index contributed by atoms with van der Waals surface area (Å²) in [5.41, 5.74) is 2.31. The first kappa shape index (κ1) is 13.7. The Morgan fingerprint density at radius 1 is 1.32 bits per heavy atom. The van der Waals surface area contributed by atoms with E-state index in [2.05, 4.69) is 27.3 Å². The van der Waals surface area contributed by atoms with Gasteiger partial charge in [0.15, 0.2) is 0 Å². The van der Waals surface area contributed by atoms with Gasteiger partial charge in [-0.2, -0.15) is 5.10 Å². The third-order valence-corrected chi connectivity index (χ3v) is 4.62. The highest BCUT2D eigenvalue weighted by Gasteiger charge is 2.33. The van der Waals surface area contributed by atoms with E-state index in [1.807, 2.05) is 30.2 Å². The molecule has 1 saturated carbocycles. The quantitative estimate of drug-likeness (QED) is 0.938. The first-order valence-electron chi connectivity index (χ1n) is 7.92. The summed E-state index contributed by atoms with van der Waals surface area (Å²) >= 11 is 0. The minimum atomic E-state index is 0.0352. The minimum Gasteiger partial charge on any atom is -0.371 e. The second kappa shape index (κ2) is 5.35. The lowest BCUT2D eigenvalue weighted by Crippen LogP contribution is -2.24. The Hall–Kier alpha value is -1.95. The Bertz CT molecular complexity index is 679. The Morgan fingerprint density at radius 3 is 2.91 bits per heavy atom. The lowest BCUT2D eigenvalue weighted by atomic mass is 10.0. The molecule has 116 valence electrons. The van der Waals surface area contributed by atoms with E-state index in [-0.39, 0.29) is 12.1 Å². The third-order valence-electron chi connectivity index (χ3n) is 4.62. The zero-order chi connectivity index (χ0) is 15.1. The van der Waals surface area contributed by atoms with Gasteiger partial charge < -0.3 is 10.1 Å². The van der Waals surface area contributed by atoms with Crippen molar-refractivity contribution in [1.29, 1.82) is 0 Å². The molecule has 1 aliphatic heterocycles. The van der Waals surface area contributed by atoms with Crippen LogP contribution < -0.4 is 5.32 Å². The van der Waals surface area contributed by atoms with Crippen LogP contribution in [-0.2, 0) is 11.8 Å². The summed E-state index contributed by atoms with van der Waals surface area (Å²) in [5.74, 6) is 2.44. The molecule has 1 saturated heterocycles. The smallest absolute Gasteiger partial charge is 0.133 e. The van der Waals surface area contributed by atoms with Crippen molar-refractivity contribution in [2.24, 2.45) is 7.05 Å². The predicted octanol–water partition coefficient (Wildman–Crippen LogP) is 2.34. The van der Waals surface area contributed by atoms with Crippen LogP contribution in [0.15, 0.2) is 18.5 Å². The summed E-state index contributed by atoms with van der Waals surface area (Å²) in [4.78, 5) is 9.03. The van der Waals surface area contributed by atoms with Crippen LogP contribution in [0.25, 0.3) is 0 Å². The molecule has 6 nitrogen and oxygen atoms in total. The highest BCUT2D eigenvalue weighted by molar-refractivity contribution is 5.37. The van der Waals surface area contributed by atoms with E-state index < -0.39 is 0 Å². The van der Waals surface area contributed by atoms with Gasteiger partial charge in [0.1, 0.15) is 17.7 Å². The van der Waals surface area contributed by atoms with E-state index >= 15 is 0 Å². The van der Waals surface area contributed by atoms with Gasteiger partial charge in [-0.3, -0.25) is 4.68 Å².